The van der Waals surface area contributed by atoms with E-state index in [1.807, 2.05) is 65.7 Å². The fourth-order valence-electron chi connectivity index (χ4n) is 4.44. The van der Waals surface area contributed by atoms with Crippen LogP contribution in [0.5, 0.6) is 0 Å². The maximum atomic E-state index is 13.0. The number of fused-ring (bicyclic) bond motifs is 1. The zero-order valence-electron chi connectivity index (χ0n) is 20.8. The fourth-order valence-corrected chi connectivity index (χ4v) is 4.61. The van der Waals surface area contributed by atoms with Crippen LogP contribution in [-0.4, -0.2) is 62.1 Å². The number of halogens is 1. The Morgan fingerprint density at radius 1 is 0.973 bits per heavy atom. The van der Waals surface area contributed by atoms with Gasteiger partial charge in [0.05, 0.1) is 17.0 Å². The normalized spacial score (nSPS) is 17.1. The SMILES string of the molecule is CN1CCN(NC(=O)N(C)c2ccc(NC(=C3C(=O)Nc4cc(Cl)ccc43)c3ccccc3)cc2)CC1. The summed E-state index contributed by atoms with van der Waals surface area (Å²) >= 11 is 6.15. The van der Waals surface area contributed by atoms with Crippen LogP contribution in [0.3, 0.4) is 0 Å². The molecule has 190 valence electrons. The van der Waals surface area contributed by atoms with Gasteiger partial charge in [0.15, 0.2) is 0 Å². The van der Waals surface area contributed by atoms with Crippen LogP contribution in [0.25, 0.3) is 11.3 Å². The van der Waals surface area contributed by atoms with Gasteiger partial charge in [0.1, 0.15) is 0 Å². The Bertz CT molecular complexity index is 1330. The summed E-state index contributed by atoms with van der Waals surface area (Å²) in [7, 11) is 3.82. The Kier molecular flexibility index (Phi) is 7.14. The van der Waals surface area contributed by atoms with Crippen LogP contribution >= 0.6 is 11.6 Å². The largest absolute Gasteiger partial charge is 0.354 e. The number of urea groups is 1. The number of likely N-dealkylation sites (N-methyl/N-ethyl adjacent to an activating group) is 1. The molecular formula is C28H29ClN6O2. The predicted molar refractivity (Wildman–Crippen MR) is 149 cm³/mol. The number of piperazine rings is 1. The number of benzene rings is 3. The molecule has 0 spiro atoms. The highest BCUT2D eigenvalue weighted by atomic mass is 35.5. The molecule has 1 fully saturated rings. The van der Waals surface area contributed by atoms with E-state index >= 15 is 0 Å². The van der Waals surface area contributed by atoms with E-state index < -0.39 is 0 Å². The second-order valence-electron chi connectivity index (χ2n) is 9.20. The highest BCUT2D eigenvalue weighted by molar-refractivity contribution is 6.38. The van der Waals surface area contributed by atoms with Crippen molar-refractivity contribution >= 4 is 51.9 Å². The summed E-state index contributed by atoms with van der Waals surface area (Å²) < 4.78 is 0. The Morgan fingerprint density at radius 3 is 2.38 bits per heavy atom. The van der Waals surface area contributed by atoms with Crippen molar-refractivity contribution in [1.29, 1.82) is 0 Å². The zero-order valence-corrected chi connectivity index (χ0v) is 21.5. The van der Waals surface area contributed by atoms with Crippen molar-refractivity contribution in [2.45, 2.75) is 0 Å². The zero-order chi connectivity index (χ0) is 25.9. The molecule has 3 N–H and O–H groups in total. The summed E-state index contributed by atoms with van der Waals surface area (Å²) in [5.74, 6) is -0.194. The van der Waals surface area contributed by atoms with E-state index in [0.29, 0.717) is 22.0 Å². The van der Waals surface area contributed by atoms with Gasteiger partial charge in [0.2, 0.25) is 0 Å². The van der Waals surface area contributed by atoms with Crippen LogP contribution in [0.2, 0.25) is 5.02 Å². The Balaban J connectivity index is 1.38. The summed E-state index contributed by atoms with van der Waals surface area (Å²) in [5, 5.41) is 8.87. The van der Waals surface area contributed by atoms with Crippen molar-refractivity contribution in [3.05, 3.63) is 88.9 Å². The molecule has 8 nitrogen and oxygen atoms in total. The van der Waals surface area contributed by atoms with Crippen LogP contribution in [0.1, 0.15) is 11.1 Å². The van der Waals surface area contributed by atoms with E-state index in [-0.39, 0.29) is 11.9 Å². The highest BCUT2D eigenvalue weighted by Crippen LogP contribution is 2.38. The second-order valence-corrected chi connectivity index (χ2v) is 9.63. The monoisotopic (exact) mass is 516 g/mol. The molecule has 0 atom stereocenters. The van der Waals surface area contributed by atoms with Gasteiger partial charge in [0, 0.05) is 55.2 Å². The van der Waals surface area contributed by atoms with Crippen LogP contribution in [0, 0.1) is 0 Å². The number of rotatable bonds is 5. The molecule has 0 aromatic heterocycles. The molecule has 3 aromatic rings. The fraction of sp³-hybridized carbons (Fsp3) is 0.214. The number of anilines is 3. The summed E-state index contributed by atoms with van der Waals surface area (Å²) in [6, 6.07) is 22.5. The summed E-state index contributed by atoms with van der Waals surface area (Å²) in [6.45, 7) is 3.41. The lowest BCUT2D eigenvalue weighted by atomic mass is 10.00. The molecule has 2 aliphatic rings. The number of nitrogens with one attached hydrogen (secondary N) is 3. The number of amides is 3. The molecule has 0 unspecified atom stereocenters. The van der Waals surface area contributed by atoms with Crippen molar-refractivity contribution in [3.63, 3.8) is 0 Å². The van der Waals surface area contributed by atoms with Gasteiger partial charge in [0.25, 0.3) is 5.91 Å². The molecular weight excluding hydrogens is 488 g/mol. The summed E-state index contributed by atoms with van der Waals surface area (Å²) in [6.07, 6.45) is 0. The van der Waals surface area contributed by atoms with Gasteiger partial charge in [-0.05, 0) is 49.0 Å². The summed E-state index contributed by atoms with van der Waals surface area (Å²) in [4.78, 5) is 29.6. The molecule has 0 aliphatic carbocycles. The average Bonchev–Trinajstić information content (AvgIpc) is 3.23. The first-order valence-corrected chi connectivity index (χ1v) is 12.5. The molecule has 5 rings (SSSR count). The number of carbonyl (C=O) groups excluding carboxylic acids is 2. The molecule has 2 heterocycles. The van der Waals surface area contributed by atoms with Crippen molar-refractivity contribution in [1.82, 2.24) is 15.3 Å². The van der Waals surface area contributed by atoms with E-state index in [9.17, 15) is 9.59 Å². The molecule has 3 amide bonds. The average molecular weight is 517 g/mol. The van der Waals surface area contributed by atoms with Gasteiger partial charge in [-0.15, -0.1) is 0 Å². The first-order valence-electron chi connectivity index (χ1n) is 12.1. The van der Waals surface area contributed by atoms with Gasteiger partial charge < -0.3 is 15.5 Å². The third kappa shape index (κ3) is 5.46. The maximum Gasteiger partial charge on any atom is 0.336 e. The standard InChI is InChI=1S/C28H29ClN6O2/c1-33-14-16-35(17-15-33)32-28(37)34(2)22-11-9-21(10-12-22)30-26(19-6-4-3-5-7-19)25-23-13-8-20(29)18-24(23)31-27(25)36/h3-13,18,30H,14-17H2,1-2H3,(H,31,36)(H,32,37). The minimum absolute atomic E-state index is 0.185. The third-order valence-electron chi connectivity index (χ3n) is 6.62. The Morgan fingerprint density at radius 2 is 1.68 bits per heavy atom. The third-order valence-corrected chi connectivity index (χ3v) is 6.86. The predicted octanol–water partition coefficient (Wildman–Crippen LogP) is 4.58. The number of hydrogen-bond acceptors (Lipinski definition) is 5. The van der Waals surface area contributed by atoms with Gasteiger partial charge in [-0.3, -0.25) is 15.1 Å². The van der Waals surface area contributed by atoms with E-state index in [2.05, 4.69) is 28.0 Å². The quantitative estimate of drug-likeness (QED) is 0.433. The van der Waals surface area contributed by atoms with Crippen LogP contribution < -0.4 is 21.0 Å². The second kappa shape index (κ2) is 10.6. The lowest BCUT2D eigenvalue weighted by Gasteiger charge is -2.33. The minimum Gasteiger partial charge on any atom is -0.354 e. The molecule has 0 bridgehead atoms. The van der Waals surface area contributed by atoms with Gasteiger partial charge >= 0.3 is 6.03 Å². The van der Waals surface area contributed by atoms with Crippen molar-refractivity contribution < 1.29 is 9.59 Å². The first kappa shape index (κ1) is 24.8. The van der Waals surface area contributed by atoms with Gasteiger partial charge in [-0.2, -0.15) is 0 Å². The van der Waals surface area contributed by atoms with Crippen molar-refractivity contribution in [2.24, 2.45) is 0 Å². The van der Waals surface area contributed by atoms with Crippen LogP contribution in [-0.2, 0) is 4.79 Å². The van der Waals surface area contributed by atoms with Gasteiger partial charge in [-0.1, -0.05) is 48.0 Å². The number of hydrazine groups is 1. The van der Waals surface area contributed by atoms with E-state index in [4.69, 9.17) is 11.6 Å². The topological polar surface area (TPSA) is 80.0 Å². The minimum atomic E-state index is -0.194. The molecule has 9 heteroatoms. The number of nitrogens with zero attached hydrogens (tertiary/aromatic N) is 3. The van der Waals surface area contributed by atoms with E-state index in [1.165, 1.54) is 0 Å². The molecule has 0 radical (unpaired) electrons. The smallest absolute Gasteiger partial charge is 0.336 e. The lowest BCUT2D eigenvalue weighted by molar-refractivity contribution is -0.110. The summed E-state index contributed by atoms with van der Waals surface area (Å²) in [5.41, 5.74) is 8.11. The molecule has 1 saturated heterocycles. The van der Waals surface area contributed by atoms with Crippen LogP contribution in [0.15, 0.2) is 72.8 Å². The molecule has 2 aliphatic heterocycles. The molecule has 37 heavy (non-hydrogen) atoms. The van der Waals surface area contributed by atoms with Crippen molar-refractivity contribution in [2.75, 3.05) is 55.8 Å². The highest BCUT2D eigenvalue weighted by Gasteiger charge is 2.28. The maximum absolute atomic E-state index is 13.0. The number of hydrogen-bond donors (Lipinski definition) is 3. The van der Waals surface area contributed by atoms with E-state index in [1.54, 1.807) is 24.1 Å². The van der Waals surface area contributed by atoms with Crippen molar-refractivity contribution in [3.8, 4) is 0 Å². The van der Waals surface area contributed by atoms with E-state index in [0.717, 1.165) is 48.7 Å². The Labute approximate surface area is 221 Å². The molecule has 3 aromatic carbocycles. The van der Waals surface area contributed by atoms with Crippen LogP contribution in [0.4, 0.5) is 21.9 Å². The Hall–Kier alpha value is -3.85. The number of carbonyl (C=O) groups is 2. The molecule has 0 saturated carbocycles. The van der Waals surface area contributed by atoms with Gasteiger partial charge in [-0.25, -0.2) is 9.80 Å². The lowest BCUT2D eigenvalue weighted by Crippen LogP contribution is -2.55. The first-order chi connectivity index (χ1) is 17.9.